The first kappa shape index (κ1) is 10.5. The van der Waals surface area contributed by atoms with Gasteiger partial charge in [-0.1, -0.05) is 42.4 Å². The van der Waals surface area contributed by atoms with E-state index in [1.807, 2.05) is 30.3 Å². The van der Waals surface area contributed by atoms with Crippen molar-refractivity contribution in [2.75, 3.05) is 0 Å². The van der Waals surface area contributed by atoms with Crippen LogP contribution in [0.4, 0.5) is 0 Å². The van der Waals surface area contributed by atoms with Crippen molar-refractivity contribution in [3.8, 4) is 0 Å². The Labute approximate surface area is 99.8 Å². The second-order valence-electron chi connectivity index (χ2n) is 4.91. The lowest BCUT2D eigenvalue weighted by Gasteiger charge is -2.05. The van der Waals surface area contributed by atoms with Crippen molar-refractivity contribution in [3.05, 3.63) is 47.6 Å². The number of nitrogens with zero attached hydrogens (tertiary/aromatic N) is 2. The van der Waals surface area contributed by atoms with E-state index < -0.39 is 0 Å². The van der Waals surface area contributed by atoms with Crippen LogP contribution in [-0.2, 0) is 5.41 Å². The summed E-state index contributed by atoms with van der Waals surface area (Å²) in [6.07, 6.45) is 2.26. The molecule has 1 heterocycles. The normalized spacial score (nSPS) is 18.9. The Morgan fingerprint density at radius 1 is 1.29 bits per heavy atom. The third-order valence-corrected chi connectivity index (χ3v) is 3.41. The molecule has 3 rings (SSSR count). The molecule has 0 aliphatic heterocycles. The van der Waals surface area contributed by atoms with Gasteiger partial charge in [0.25, 0.3) is 0 Å². The highest BCUT2D eigenvalue weighted by Crippen LogP contribution is 2.46. The van der Waals surface area contributed by atoms with Crippen molar-refractivity contribution in [3.63, 3.8) is 0 Å². The molecule has 0 amide bonds. The van der Waals surface area contributed by atoms with Gasteiger partial charge in [-0.2, -0.15) is 4.98 Å². The Morgan fingerprint density at radius 3 is 2.65 bits per heavy atom. The van der Waals surface area contributed by atoms with Crippen molar-refractivity contribution in [1.82, 2.24) is 10.1 Å². The van der Waals surface area contributed by atoms with Crippen molar-refractivity contribution >= 4 is 0 Å². The molecule has 1 saturated carbocycles. The fourth-order valence-electron chi connectivity index (χ4n) is 1.82. The quantitative estimate of drug-likeness (QED) is 0.876. The van der Waals surface area contributed by atoms with E-state index in [-0.39, 0.29) is 11.5 Å². The molecule has 1 aromatic heterocycles. The summed E-state index contributed by atoms with van der Waals surface area (Å²) in [7, 11) is 0. The van der Waals surface area contributed by atoms with Crippen LogP contribution in [0.5, 0.6) is 0 Å². The van der Waals surface area contributed by atoms with E-state index in [4.69, 9.17) is 10.3 Å². The summed E-state index contributed by atoms with van der Waals surface area (Å²) < 4.78 is 5.26. The predicted octanol–water partition coefficient (Wildman–Crippen LogP) is 2.17. The Bertz CT molecular complexity index is 516. The lowest BCUT2D eigenvalue weighted by Crippen LogP contribution is -2.12. The van der Waals surface area contributed by atoms with Crippen LogP contribution in [0, 0.1) is 0 Å². The van der Waals surface area contributed by atoms with Gasteiger partial charge in [-0.3, -0.25) is 0 Å². The Morgan fingerprint density at radius 2 is 2.00 bits per heavy atom. The number of benzene rings is 1. The second kappa shape index (κ2) is 3.67. The third kappa shape index (κ3) is 1.85. The van der Waals surface area contributed by atoms with Gasteiger partial charge >= 0.3 is 0 Å². The number of hydrogen-bond donors (Lipinski definition) is 1. The van der Waals surface area contributed by atoms with Gasteiger partial charge in [0.1, 0.15) is 6.04 Å². The molecule has 1 aliphatic carbocycles. The first-order valence-corrected chi connectivity index (χ1v) is 5.84. The smallest absolute Gasteiger partial charge is 0.248 e. The molecule has 1 aliphatic rings. The lowest BCUT2D eigenvalue weighted by atomic mass is 10.1. The molecule has 0 radical (unpaired) electrons. The molecular weight excluding hydrogens is 214 g/mol. The number of nitrogens with two attached hydrogens (primary N) is 1. The molecule has 0 spiro atoms. The monoisotopic (exact) mass is 229 g/mol. The van der Waals surface area contributed by atoms with Crippen LogP contribution < -0.4 is 5.73 Å². The molecule has 88 valence electrons. The Kier molecular flexibility index (Phi) is 2.26. The molecule has 1 atom stereocenters. The van der Waals surface area contributed by atoms with Gasteiger partial charge in [-0.25, -0.2) is 0 Å². The van der Waals surface area contributed by atoms with Gasteiger partial charge < -0.3 is 10.3 Å². The maximum Gasteiger partial charge on any atom is 0.248 e. The maximum atomic E-state index is 6.10. The minimum Gasteiger partial charge on any atom is -0.337 e. The zero-order valence-corrected chi connectivity index (χ0v) is 9.76. The summed E-state index contributed by atoms with van der Waals surface area (Å²) in [6.45, 7) is 2.15. The molecule has 1 unspecified atom stereocenters. The highest BCUT2D eigenvalue weighted by molar-refractivity contribution is 5.24. The van der Waals surface area contributed by atoms with Crippen molar-refractivity contribution < 1.29 is 4.52 Å². The van der Waals surface area contributed by atoms with Gasteiger partial charge in [-0.15, -0.1) is 0 Å². The molecule has 1 fully saturated rings. The molecule has 2 aromatic rings. The van der Waals surface area contributed by atoms with Crippen LogP contribution in [0.15, 0.2) is 34.9 Å². The van der Waals surface area contributed by atoms with E-state index in [1.165, 1.54) is 0 Å². The lowest BCUT2D eigenvalue weighted by molar-refractivity contribution is 0.359. The molecule has 0 saturated heterocycles. The predicted molar refractivity (Wildman–Crippen MR) is 63.4 cm³/mol. The topological polar surface area (TPSA) is 64.9 Å². The molecule has 0 bridgehead atoms. The Balaban J connectivity index is 1.87. The number of aromatic nitrogens is 2. The molecule has 4 heteroatoms. The Hall–Kier alpha value is -1.68. The summed E-state index contributed by atoms with van der Waals surface area (Å²) in [5, 5.41) is 4.03. The highest BCUT2D eigenvalue weighted by Gasteiger charge is 2.43. The van der Waals surface area contributed by atoms with Gasteiger partial charge in [0.15, 0.2) is 5.82 Å². The van der Waals surface area contributed by atoms with Crippen LogP contribution in [0.1, 0.15) is 43.1 Å². The van der Waals surface area contributed by atoms with Gasteiger partial charge in [0, 0.05) is 5.41 Å². The van der Waals surface area contributed by atoms with E-state index in [0.717, 1.165) is 24.2 Å². The summed E-state index contributed by atoms with van der Waals surface area (Å²) in [4.78, 5) is 4.42. The third-order valence-electron chi connectivity index (χ3n) is 3.41. The molecular formula is C13H15N3O. The molecule has 2 N–H and O–H groups in total. The van der Waals surface area contributed by atoms with Gasteiger partial charge in [0.05, 0.1) is 0 Å². The summed E-state index contributed by atoms with van der Waals surface area (Å²) in [5.41, 5.74) is 7.21. The fourth-order valence-corrected chi connectivity index (χ4v) is 1.82. The largest absolute Gasteiger partial charge is 0.337 e. The van der Waals surface area contributed by atoms with E-state index in [2.05, 4.69) is 17.1 Å². The molecule has 4 nitrogen and oxygen atoms in total. The SMILES string of the molecule is CC1(c2noc(C(N)c3ccccc3)n2)CC1. The minimum atomic E-state index is -0.334. The van der Waals surface area contributed by atoms with Crippen molar-refractivity contribution in [1.29, 1.82) is 0 Å². The summed E-state index contributed by atoms with van der Waals surface area (Å²) in [5.74, 6) is 1.29. The minimum absolute atomic E-state index is 0.123. The van der Waals surface area contributed by atoms with Crippen LogP contribution >= 0.6 is 0 Å². The van der Waals surface area contributed by atoms with Gasteiger partial charge in [0.2, 0.25) is 5.89 Å². The van der Waals surface area contributed by atoms with Crippen molar-refractivity contribution in [2.45, 2.75) is 31.2 Å². The maximum absolute atomic E-state index is 6.10. The fraction of sp³-hybridized carbons (Fsp3) is 0.385. The zero-order chi connectivity index (χ0) is 11.9. The highest BCUT2D eigenvalue weighted by atomic mass is 16.5. The standard InChI is InChI=1S/C13H15N3O/c1-13(7-8-13)12-15-11(17-16-12)10(14)9-5-3-2-4-6-9/h2-6,10H,7-8,14H2,1H3. The van der Waals surface area contributed by atoms with E-state index in [0.29, 0.717) is 5.89 Å². The van der Waals surface area contributed by atoms with Gasteiger partial charge in [-0.05, 0) is 18.4 Å². The van der Waals surface area contributed by atoms with Crippen LogP contribution in [-0.4, -0.2) is 10.1 Å². The zero-order valence-electron chi connectivity index (χ0n) is 9.76. The van der Waals surface area contributed by atoms with E-state index >= 15 is 0 Å². The average molecular weight is 229 g/mol. The van der Waals surface area contributed by atoms with E-state index in [1.54, 1.807) is 0 Å². The van der Waals surface area contributed by atoms with Crippen LogP contribution in [0.3, 0.4) is 0 Å². The number of hydrogen-bond acceptors (Lipinski definition) is 4. The summed E-state index contributed by atoms with van der Waals surface area (Å²) >= 11 is 0. The first-order chi connectivity index (χ1) is 8.19. The second-order valence-corrected chi connectivity index (χ2v) is 4.91. The number of rotatable bonds is 3. The van der Waals surface area contributed by atoms with E-state index in [9.17, 15) is 0 Å². The molecule has 1 aromatic carbocycles. The average Bonchev–Trinajstić information content (AvgIpc) is 2.94. The van der Waals surface area contributed by atoms with Crippen LogP contribution in [0.2, 0.25) is 0 Å². The summed E-state index contributed by atoms with van der Waals surface area (Å²) in [6, 6.07) is 9.46. The molecule has 17 heavy (non-hydrogen) atoms. The van der Waals surface area contributed by atoms with Crippen molar-refractivity contribution in [2.24, 2.45) is 5.73 Å². The van der Waals surface area contributed by atoms with Crippen LogP contribution in [0.25, 0.3) is 0 Å². The first-order valence-electron chi connectivity index (χ1n) is 5.84.